The zero-order valence-corrected chi connectivity index (χ0v) is 59.1. The zero-order chi connectivity index (χ0) is 65.6. The minimum Gasteiger partial charge on any atom is -0.748 e. The molecular formula is C75H137O14S-. The van der Waals surface area contributed by atoms with E-state index in [1.807, 2.05) is 0 Å². The molecule has 0 aromatic heterocycles. The standard InChI is InChI=1S/C75H138O14S/c1-5-9-13-17-21-25-29-33-34-38-39-43-47-51-55-59-68(76)84-63-66(86-69(77)60-56-52-48-44-40-35-30-26-22-18-14-10-6-2)64-85-75-74(89-71(79)62-58-54-50-46-42-37-32-28-24-20-16-12-8-4)73(72(80)67(87-75)65-90(81,82)83)88-70(78)61-57-53-49-45-41-36-31-27-23-19-15-11-7-3/h21,25,33-34,66-67,72-75,80H,5-20,22-24,26-32,35-65H2,1-4H3,(H,81,82,83)/p-1/b25-21-,34-33-/t66-,67-,72-,73+,74-,75+/m1/s1. The Morgan fingerprint density at radius 1 is 0.411 bits per heavy atom. The second-order valence-electron chi connectivity index (χ2n) is 26.3. The summed E-state index contributed by atoms with van der Waals surface area (Å²) in [5, 5.41) is 11.7. The Morgan fingerprint density at radius 3 is 1.10 bits per heavy atom. The maximum atomic E-state index is 13.8. The van der Waals surface area contributed by atoms with Crippen LogP contribution in [0.5, 0.6) is 0 Å². The molecule has 0 bridgehead atoms. The Labute approximate surface area is 551 Å². The van der Waals surface area contributed by atoms with Gasteiger partial charge in [0, 0.05) is 25.7 Å². The van der Waals surface area contributed by atoms with Crippen molar-refractivity contribution in [3.05, 3.63) is 24.3 Å². The van der Waals surface area contributed by atoms with Gasteiger partial charge in [-0.15, -0.1) is 0 Å². The highest BCUT2D eigenvalue weighted by molar-refractivity contribution is 7.85. The Bertz CT molecular complexity index is 1840. The number of esters is 4. The lowest BCUT2D eigenvalue weighted by Crippen LogP contribution is -2.62. The smallest absolute Gasteiger partial charge is 0.306 e. The Morgan fingerprint density at radius 2 is 0.722 bits per heavy atom. The number of unbranched alkanes of at least 4 members (excludes halogenated alkanes) is 44. The number of aliphatic hydroxyl groups excluding tert-OH is 1. The van der Waals surface area contributed by atoms with E-state index in [-0.39, 0.29) is 32.3 Å². The van der Waals surface area contributed by atoms with Crippen molar-refractivity contribution >= 4 is 34.0 Å². The molecule has 1 aliphatic rings. The van der Waals surface area contributed by atoms with E-state index < -0.39 is 83.2 Å². The van der Waals surface area contributed by atoms with Crippen LogP contribution in [0, 0.1) is 0 Å². The second kappa shape index (κ2) is 62.3. The summed E-state index contributed by atoms with van der Waals surface area (Å²) in [6.07, 6.45) is 55.1. The fourth-order valence-electron chi connectivity index (χ4n) is 11.8. The number of aliphatic hydroxyl groups is 1. The molecule has 0 saturated carbocycles. The van der Waals surface area contributed by atoms with Crippen LogP contribution >= 0.6 is 0 Å². The van der Waals surface area contributed by atoms with Crippen molar-refractivity contribution in [2.45, 2.75) is 411 Å². The molecule has 1 N–H and O–H groups in total. The van der Waals surface area contributed by atoms with Gasteiger partial charge in [-0.3, -0.25) is 19.2 Å². The van der Waals surface area contributed by atoms with E-state index in [1.165, 1.54) is 173 Å². The molecule has 1 aliphatic heterocycles. The fraction of sp³-hybridized carbons (Fsp3) is 0.893. The number of carbonyl (C=O) groups is 4. The highest BCUT2D eigenvalue weighted by Gasteiger charge is 2.51. The van der Waals surface area contributed by atoms with Gasteiger partial charge in [-0.1, -0.05) is 315 Å². The van der Waals surface area contributed by atoms with Crippen LogP contribution in [-0.4, -0.2) is 97.7 Å². The summed E-state index contributed by atoms with van der Waals surface area (Å²) in [5.74, 6) is -3.54. The zero-order valence-electron chi connectivity index (χ0n) is 58.2. The molecule has 0 aromatic rings. The van der Waals surface area contributed by atoms with Crippen LogP contribution < -0.4 is 0 Å². The molecule has 0 aliphatic carbocycles. The SMILES string of the molecule is CCCCC/C=C\C/C=C\CCCCCCCC(=O)OC[C@H](CO[C@H]1O[C@H](CS(=O)(=O)[O-])[C@@H](O)[C@H](OC(=O)CCCCCCCCCCCCCCC)[C@H]1OC(=O)CCCCCCCCCCCCCCC)OC(=O)CCCCCCCCCCCCCCC. The Hall–Kier alpha value is -2.85. The normalized spacial score (nSPS) is 17.3. The highest BCUT2D eigenvalue weighted by Crippen LogP contribution is 2.30. The third kappa shape index (κ3) is 53.5. The minimum absolute atomic E-state index is 0.00464. The van der Waals surface area contributed by atoms with Crippen LogP contribution in [0.3, 0.4) is 0 Å². The van der Waals surface area contributed by atoms with Crippen molar-refractivity contribution in [3.8, 4) is 0 Å². The average molecular weight is 1290 g/mol. The monoisotopic (exact) mass is 1290 g/mol. The fourth-order valence-corrected chi connectivity index (χ4v) is 12.5. The van der Waals surface area contributed by atoms with Crippen molar-refractivity contribution < 1.29 is 65.7 Å². The van der Waals surface area contributed by atoms with Gasteiger partial charge in [0.25, 0.3) is 0 Å². The van der Waals surface area contributed by atoms with Gasteiger partial charge < -0.3 is 38.1 Å². The maximum absolute atomic E-state index is 13.8. The number of allylic oxidation sites excluding steroid dienone is 4. The van der Waals surface area contributed by atoms with E-state index >= 15 is 0 Å². The molecule has 14 nitrogen and oxygen atoms in total. The Balaban J connectivity index is 3.15. The number of hydrogen-bond acceptors (Lipinski definition) is 14. The van der Waals surface area contributed by atoms with E-state index in [1.54, 1.807) is 0 Å². The van der Waals surface area contributed by atoms with Crippen LogP contribution in [0.15, 0.2) is 24.3 Å². The molecule has 1 heterocycles. The lowest BCUT2D eigenvalue weighted by Gasteiger charge is -2.43. The molecule has 0 amide bonds. The van der Waals surface area contributed by atoms with Crippen molar-refractivity contribution in [2.24, 2.45) is 0 Å². The van der Waals surface area contributed by atoms with Gasteiger partial charge >= 0.3 is 23.9 Å². The Kier molecular flexibility index (Phi) is 58.9. The van der Waals surface area contributed by atoms with Crippen molar-refractivity contribution in [2.75, 3.05) is 19.0 Å². The minimum atomic E-state index is -5.02. The molecule has 0 aromatic carbocycles. The van der Waals surface area contributed by atoms with E-state index in [0.29, 0.717) is 25.7 Å². The van der Waals surface area contributed by atoms with Gasteiger partial charge in [-0.2, -0.15) is 0 Å². The van der Waals surface area contributed by atoms with Gasteiger partial charge in [0.1, 0.15) is 18.8 Å². The number of rotatable bonds is 66. The van der Waals surface area contributed by atoms with Crippen LogP contribution in [-0.2, 0) is 57.7 Å². The molecule has 1 saturated heterocycles. The van der Waals surface area contributed by atoms with E-state index in [4.69, 9.17) is 28.4 Å². The predicted molar refractivity (Wildman–Crippen MR) is 366 cm³/mol. The molecular weight excluding hydrogens is 1160 g/mol. The van der Waals surface area contributed by atoms with Crippen LogP contribution in [0.25, 0.3) is 0 Å². The topological polar surface area (TPSA) is 201 Å². The molecule has 528 valence electrons. The molecule has 15 heteroatoms. The summed E-state index contributed by atoms with van der Waals surface area (Å²) < 4.78 is 72.7. The second-order valence-corrected chi connectivity index (χ2v) is 27.7. The molecule has 1 rings (SSSR count). The van der Waals surface area contributed by atoms with Gasteiger partial charge in [-0.05, 0) is 57.8 Å². The van der Waals surface area contributed by atoms with E-state index in [0.717, 1.165) is 122 Å². The molecule has 0 unspecified atom stereocenters. The lowest BCUT2D eigenvalue weighted by molar-refractivity contribution is -0.303. The molecule has 0 spiro atoms. The van der Waals surface area contributed by atoms with Gasteiger partial charge in [0.05, 0.1) is 22.5 Å². The largest absolute Gasteiger partial charge is 0.748 e. The highest BCUT2D eigenvalue weighted by atomic mass is 32.2. The first-order valence-electron chi connectivity index (χ1n) is 37.8. The quantitative estimate of drug-likeness (QED) is 0.0198. The number of carbonyl (C=O) groups excluding carboxylic acids is 4. The summed E-state index contributed by atoms with van der Waals surface area (Å²) in [6.45, 7) is 8.09. The lowest BCUT2D eigenvalue weighted by atomic mass is 9.99. The van der Waals surface area contributed by atoms with Gasteiger partial charge in [0.15, 0.2) is 24.6 Å². The number of ether oxygens (including phenoxy) is 6. The van der Waals surface area contributed by atoms with Crippen molar-refractivity contribution in [1.29, 1.82) is 0 Å². The van der Waals surface area contributed by atoms with Crippen LogP contribution in [0.2, 0.25) is 0 Å². The predicted octanol–water partition coefficient (Wildman–Crippen LogP) is 20.2. The summed E-state index contributed by atoms with van der Waals surface area (Å²) in [7, 11) is -5.02. The first-order chi connectivity index (χ1) is 43.8. The molecule has 90 heavy (non-hydrogen) atoms. The maximum Gasteiger partial charge on any atom is 0.306 e. The van der Waals surface area contributed by atoms with E-state index in [2.05, 4.69) is 52.0 Å². The van der Waals surface area contributed by atoms with E-state index in [9.17, 15) is 37.3 Å². The first-order valence-corrected chi connectivity index (χ1v) is 39.3. The summed E-state index contributed by atoms with van der Waals surface area (Å²) in [6, 6.07) is 0. The third-order valence-electron chi connectivity index (χ3n) is 17.5. The first kappa shape index (κ1) is 85.2. The van der Waals surface area contributed by atoms with Crippen LogP contribution in [0.1, 0.15) is 374 Å². The van der Waals surface area contributed by atoms with Crippen molar-refractivity contribution in [1.82, 2.24) is 0 Å². The summed E-state index contributed by atoms with van der Waals surface area (Å²) >= 11 is 0. The molecule has 6 atom stereocenters. The summed E-state index contributed by atoms with van der Waals surface area (Å²) in [5.41, 5.74) is 0. The average Bonchev–Trinajstić information content (AvgIpc) is 0.890. The van der Waals surface area contributed by atoms with Gasteiger partial charge in [-0.25, -0.2) is 8.42 Å². The van der Waals surface area contributed by atoms with Crippen molar-refractivity contribution in [3.63, 3.8) is 0 Å². The molecule has 0 radical (unpaired) electrons. The molecule has 1 fully saturated rings. The van der Waals surface area contributed by atoms with Crippen LogP contribution in [0.4, 0.5) is 0 Å². The third-order valence-corrected chi connectivity index (χ3v) is 18.2. The van der Waals surface area contributed by atoms with Gasteiger partial charge in [0.2, 0.25) is 0 Å². The number of hydrogen-bond donors (Lipinski definition) is 1. The summed E-state index contributed by atoms with van der Waals surface area (Å²) in [4.78, 5) is 54.1.